The summed E-state index contributed by atoms with van der Waals surface area (Å²) in [6.07, 6.45) is 13.8. The van der Waals surface area contributed by atoms with Gasteiger partial charge in [0.1, 0.15) is 5.75 Å². The molecule has 0 radical (unpaired) electrons. The van der Waals surface area contributed by atoms with E-state index in [-0.39, 0.29) is 0 Å². The smallest absolute Gasteiger partial charge is 0.314 e. The minimum atomic E-state index is -3.09. The summed E-state index contributed by atoms with van der Waals surface area (Å²) in [6, 6.07) is 8.37. The predicted molar refractivity (Wildman–Crippen MR) is 114 cm³/mol. The molecule has 0 saturated carbocycles. The van der Waals surface area contributed by atoms with Crippen LogP contribution in [0.15, 0.2) is 30.3 Å². The highest BCUT2D eigenvalue weighted by atomic mass is 32.1. The summed E-state index contributed by atoms with van der Waals surface area (Å²) >= 11 is 1.58. The molecule has 1 aromatic rings. The summed E-state index contributed by atoms with van der Waals surface area (Å²) in [7, 11) is -3.09. The summed E-state index contributed by atoms with van der Waals surface area (Å²) < 4.78 is 14.4. The van der Waals surface area contributed by atoms with Crippen LogP contribution in [0.1, 0.15) is 71.1 Å². The van der Waals surface area contributed by atoms with E-state index < -0.39 is 8.25 Å². The van der Waals surface area contributed by atoms with E-state index in [2.05, 4.69) is 11.4 Å². The van der Waals surface area contributed by atoms with E-state index in [0.717, 1.165) is 5.75 Å². The van der Waals surface area contributed by atoms with Crippen molar-refractivity contribution in [3.05, 3.63) is 30.3 Å². The molecule has 7 heteroatoms. The van der Waals surface area contributed by atoms with Gasteiger partial charge in [-0.05, 0) is 18.6 Å². The van der Waals surface area contributed by atoms with Crippen LogP contribution >= 0.6 is 8.25 Å². The molecule has 5 nitrogen and oxygen atoms in total. The lowest BCUT2D eigenvalue weighted by atomic mass is 10.1. The quantitative estimate of drug-likeness (QED) is 0.226. The molecule has 0 heterocycles. The molecule has 0 aromatic heterocycles. The van der Waals surface area contributed by atoms with Crippen LogP contribution < -0.4 is 20.9 Å². The second-order valence-electron chi connectivity index (χ2n) is 6.10. The monoisotopic (exact) mass is 402 g/mol. The zero-order valence-electron chi connectivity index (χ0n) is 16.0. The van der Waals surface area contributed by atoms with Crippen molar-refractivity contribution in [2.75, 3.05) is 5.75 Å². The molecular formula is C19H35N2O3PS. The summed E-state index contributed by atoms with van der Waals surface area (Å²) in [4.78, 5) is 10.0. The Kier molecular flexibility index (Phi) is 18.4. The Bertz CT molecular complexity index is 483. The van der Waals surface area contributed by atoms with Crippen molar-refractivity contribution >= 4 is 24.7 Å². The molecule has 26 heavy (non-hydrogen) atoms. The van der Waals surface area contributed by atoms with Gasteiger partial charge in [-0.15, -0.1) is 0 Å². The molecule has 1 aromatic carbocycles. The molecule has 0 amide bonds. The first kappa shape index (κ1) is 25.2. The SMILES string of the molecule is CCCCCCCCCCCC[S+]=C(N)N.O=[PH]([O-])Oc1ccccc1. The van der Waals surface area contributed by atoms with Crippen LogP contribution in [0.25, 0.3) is 0 Å². The highest BCUT2D eigenvalue weighted by molar-refractivity contribution is 7.78. The Balaban J connectivity index is 0.000000531. The van der Waals surface area contributed by atoms with Crippen molar-refractivity contribution < 1.29 is 14.0 Å². The summed E-state index contributed by atoms with van der Waals surface area (Å²) in [5.74, 6) is 1.44. The average Bonchev–Trinajstić information content (AvgIpc) is 2.60. The second kappa shape index (κ2) is 19.0. The largest absolute Gasteiger partial charge is 0.771 e. The second-order valence-corrected chi connectivity index (χ2v) is 7.97. The third kappa shape index (κ3) is 19.5. The van der Waals surface area contributed by atoms with Gasteiger partial charge in [-0.25, -0.2) is 11.5 Å². The minimum absolute atomic E-state index is 0.362. The van der Waals surface area contributed by atoms with E-state index in [4.69, 9.17) is 11.5 Å². The molecule has 150 valence electrons. The Labute approximate surface area is 163 Å². The van der Waals surface area contributed by atoms with Gasteiger partial charge in [-0.3, -0.25) is 4.57 Å². The molecule has 1 atom stereocenters. The van der Waals surface area contributed by atoms with Gasteiger partial charge in [0.2, 0.25) is 11.4 Å². The minimum Gasteiger partial charge on any atom is -0.771 e. The molecule has 0 spiro atoms. The number of rotatable bonds is 13. The average molecular weight is 403 g/mol. The van der Waals surface area contributed by atoms with Crippen molar-refractivity contribution in [2.45, 2.75) is 71.1 Å². The number of benzene rings is 1. The highest BCUT2D eigenvalue weighted by Gasteiger charge is 1.98. The lowest BCUT2D eigenvalue weighted by Crippen LogP contribution is -2.24. The summed E-state index contributed by atoms with van der Waals surface area (Å²) in [5, 5.41) is 0.510. The first-order valence-corrected chi connectivity index (χ1v) is 11.7. The number of para-hydroxylation sites is 1. The fourth-order valence-electron chi connectivity index (χ4n) is 2.36. The molecule has 0 aliphatic heterocycles. The summed E-state index contributed by atoms with van der Waals surface area (Å²) in [6.45, 7) is 2.27. The van der Waals surface area contributed by atoms with Crippen molar-refractivity contribution in [2.24, 2.45) is 11.5 Å². The van der Waals surface area contributed by atoms with E-state index in [1.807, 2.05) is 0 Å². The Hall–Kier alpha value is -0.780. The van der Waals surface area contributed by atoms with E-state index in [1.165, 1.54) is 64.2 Å². The molecule has 0 bridgehead atoms. The van der Waals surface area contributed by atoms with E-state index in [1.54, 1.807) is 41.7 Å². The lowest BCUT2D eigenvalue weighted by molar-refractivity contribution is -0.178. The van der Waals surface area contributed by atoms with Gasteiger partial charge in [-0.2, -0.15) is 0 Å². The van der Waals surface area contributed by atoms with Gasteiger partial charge < -0.3 is 9.42 Å². The van der Waals surface area contributed by atoms with Crippen molar-refractivity contribution in [3.63, 3.8) is 0 Å². The lowest BCUT2D eigenvalue weighted by Gasteiger charge is -2.06. The third-order valence-electron chi connectivity index (χ3n) is 3.71. The van der Waals surface area contributed by atoms with E-state index >= 15 is 0 Å². The first-order chi connectivity index (χ1) is 12.6. The number of hydrogen-bond donors (Lipinski definition) is 2. The molecule has 0 fully saturated rings. The zero-order chi connectivity index (χ0) is 19.5. The molecule has 1 unspecified atom stereocenters. The number of hydrogen-bond acceptors (Lipinski definition) is 3. The van der Waals surface area contributed by atoms with Crippen molar-refractivity contribution in [3.8, 4) is 5.75 Å². The van der Waals surface area contributed by atoms with E-state index in [0.29, 0.717) is 10.9 Å². The maximum atomic E-state index is 10.0. The number of unbranched alkanes of at least 4 members (excludes halogenated alkanes) is 9. The van der Waals surface area contributed by atoms with Crippen LogP contribution in [0, 0.1) is 0 Å². The molecular weight excluding hydrogens is 367 g/mol. The van der Waals surface area contributed by atoms with Crippen LogP contribution in [0.4, 0.5) is 0 Å². The Morgan fingerprint density at radius 2 is 1.46 bits per heavy atom. The van der Waals surface area contributed by atoms with Gasteiger partial charge in [0.05, 0.1) is 0 Å². The maximum Gasteiger partial charge on any atom is 0.314 e. The van der Waals surface area contributed by atoms with Crippen LogP contribution in [0.2, 0.25) is 0 Å². The first-order valence-electron chi connectivity index (χ1n) is 9.50. The van der Waals surface area contributed by atoms with Crippen molar-refractivity contribution in [1.82, 2.24) is 0 Å². The van der Waals surface area contributed by atoms with Gasteiger partial charge in [0.15, 0.2) is 14.0 Å². The maximum absolute atomic E-state index is 10.0. The van der Waals surface area contributed by atoms with Gasteiger partial charge >= 0.3 is 5.11 Å². The number of nitrogens with two attached hydrogens (primary N) is 2. The fraction of sp³-hybridized carbons (Fsp3) is 0.632. The Morgan fingerprint density at radius 1 is 0.962 bits per heavy atom. The molecule has 0 saturated heterocycles. The normalized spacial score (nSPS) is 11.2. The molecule has 0 aliphatic carbocycles. The van der Waals surface area contributed by atoms with Gasteiger partial charge in [-0.1, -0.05) is 76.5 Å². The van der Waals surface area contributed by atoms with Crippen LogP contribution in [-0.2, 0) is 15.9 Å². The topological polar surface area (TPSA) is 101 Å². The summed E-state index contributed by atoms with van der Waals surface area (Å²) in [5.41, 5.74) is 10.7. The van der Waals surface area contributed by atoms with Gasteiger partial charge in [0.25, 0.3) is 0 Å². The fourth-order valence-corrected chi connectivity index (χ4v) is 3.28. The molecule has 4 N–H and O–H groups in total. The van der Waals surface area contributed by atoms with Crippen LogP contribution in [0.5, 0.6) is 5.75 Å². The van der Waals surface area contributed by atoms with Crippen LogP contribution in [0.3, 0.4) is 0 Å². The van der Waals surface area contributed by atoms with Crippen molar-refractivity contribution in [1.29, 1.82) is 0 Å². The van der Waals surface area contributed by atoms with Gasteiger partial charge in [0, 0.05) is 6.42 Å². The van der Waals surface area contributed by atoms with Crippen LogP contribution in [-0.4, -0.2) is 10.9 Å². The predicted octanol–water partition coefficient (Wildman–Crippen LogP) is 3.81. The zero-order valence-corrected chi connectivity index (χ0v) is 17.8. The standard InChI is InChI=1S/C13H29N2S.C6H7O3P/c1-2-3-4-5-6-7-8-9-10-11-12-16-13(14)15;7-10(8)9-6-4-2-1-3-5-6/h2-12,14-15H2,1H3;1-5,10H,(H,7,8)/q+1;/p-1. The molecule has 0 aliphatic rings. The third-order valence-corrected chi connectivity index (χ3v) is 4.94. The Morgan fingerprint density at radius 3 is 1.92 bits per heavy atom. The highest BCUT2D eigenvalue weighted by Crippen LogP contribution is 2.18. The van der Waals surface area contributed by atoms with E-state index in [9.17, 15) is 9.46 Å². The molecule has 1 rings (SSSR count).